The van der Waals surface area contributed by atoms with Gasteiger partial charge < -0.3 is 0 Å². The van der Waals surface area contributed by atoms with Crippen LogP contribution in [0.3, 0.4) is 0 Å². The van der Waals surface area contributed by atoms with E-state index < -0.39 is 0 Å². The molecule has 0 saturated carbocycles. The van der Waals surface area contributed by atoms with Crippen molar-refractivity contribution in [2.75, 3.05) is 19.6 Å². The number of fused-ring (bicyclic) bond motifs is 1. The maximum absolute atomic E-state index is 4.34. The predicted octanol–water partition coefficient (Wildman–Crippen LogP) is 1.54. The Hall–Kier alpha value is -1.00. The molecule has 1 aromatic rings. The molecule has 2 atom stereocenters. The molecule has 2 saturated heterocycles. The lowest BCUT2D eigenvalue weighted by Gasteiger charge is -2.47. The molecular weight excluding hydrogens is 224 g/mol. The van der Waals surface area contributed by atoms with E-state index in [1.54, 1.807) is 6.33 Å². The van der Waals surface area contributed by atoms with Crippen LogP contribution < -0.4 is 0 Å². The molecule has 0 N–H and O–H groups in total. The van der Waals surface area contributed by atoms with Crippen LogP contribution in [0.5, 0.6) is 0 Å². The third kappa shape index (κ3) is 2.54. The summed E-state index contributed by atoms with van der Waals surface area (Å²) in [6, 6.07) is 3.44. The zero-order valence-electron chi connectivity index (χ0n) is 11.1. The van der Waals surface area contributed by atoms with E-state index in [9.17, 15) is 0 Å². The number of nitrogens with zero attached hydrogens (tertiary/aromatic N) is 4. The monoisotopic (exact) mass is 246 g/mol. The van der Waals surface area contributed by atoms with Gasteiger partial charge in [-0.15, -0.1) is 0 Å². The minimum absolute atomic E-state index is 0.634. The SMILES string of the molecule is CC1CN2CCCCC2CN1Cc1ccncn1. The molecule has 4 heteroatoms. The van der Waals surface area contributed by atoms with E-state index in [0.717, 1.165) is 18.3 Å². The summed E-state index contributed by atoms with van der Waals surface area (Å²) in [5.41, 5.74) is 1.14. The summed E-state index contributed by atoms with van der Waals surface area (Å²) < 4.78 is 0. The molecule has 2 aliphatic heterocycles. The van der Waals surface area contributed by atoms with Crippen LogP contribution in [0.25, 0.3) is 0 Å². The second-order valence-electron chi connectivity index (χ2n) is 5.62. The highest BCUT2D eigenvalue weighted by atomic mass is 15.3. The molecule has 0 aromatic carbocycles. The highest BCUT2D eigenvalue weighted by Crippen LogP contribution is 2.24. The molecule has 0 radical (unpaired) electrons. The molecule has 2 aliphatic rings. The first-order chi connectivity index (χ1) is 8.83. The molecule has 2 unspecified atom stereocenters. The van der Waals surface area contributed by atoms with Gasteiger partial charge in [-0.2, -0.15) is 0 Å². The average molecular weight is 246 g/mol. The van der Waals surface area contributed by atoms with Gasteiger partial charge in [0.1, 0.15) is 6.33 Å². The number of piperidine rings is 1. The van der Waals surface area contributed by atoms with Crippen molar-refractivity contribution in [1.29, 1.82) is 0 Å². The van der Waals surface area contributed by atoms with Gasteiger partial charge >= 0.3 is 0 Å². The Morgan fingerprint density at radius 3 is 3.11 bits per heavy atom. The minimum Gasteiger partial charge on any atom is -0.298 e. The molecule has 98 valence electrons. The summed E-state index contributed by atoms with van der Waals surface area (Å²) in [6.07, 6.45) is 7.64. The van der Waals surface area contributed by atoms with Crippen molar-refractivity contribution in [1.82, 2.24) is 19.8 Å². The van der Waals surface area contributed by atoms with Gasteiger partial charge in [-0.1, -0.05) is 6.42 Å². The van der Waals surface area contributed by atoms with Crippen molar-refractivity contribution in [3.05, 3.63) is 24.3 Å². The van der Waals surface area contributed by atoms with E-state index in [1.165, 1.54) is 38.9 Å². The van der Waals surface area contributed by atoms with Gasteiger partial charge in [0.05, 0.1) is 5.69 Å². The number of hydrogen-bond acceptors (Lipinski definition) is 4. The zero-order valence-corrected chi connectivity index (χ0v) is 11.1. The summed E-state index contributed by atoms with van der Waals surface area (Å²) in [6.45, 7) is 7.03. The Morgan fingerprint density at radius 2 is 2.28 bits per heavy atom. The van der Waals surface area contributed by atoms with Crippen molar-refractivity contribution < 1.29 is 0 Å². The molecule has 3 heterocycles. The van der Waals surface area contributed by atoms with E-state index in [-0.39, 0.29) is 0 Å². The van der Waals surface area contributed by atoms with E-state index in [0.29, 0.717) is 6.04 Å². The van der Waals surface area contributed by atoms with Gasteiger partial charge in [0.25, 0.3) is 0 Å². The molecule has 0 aliphatic carbocycles. The topological polar surface area (TPSA) is 32.3 Å². The fraction of sp³-hybridized carbons (Fsp3) is 0.714. The first kappa shape index (κ1) is 12.1. The van der Waals surface area contributed by atoms with Crippen LogP contribution in [0, 0.1) is 0 Å². The van der Waals surface area contributed by atoms with E-state index in [4.69, 9.17) is 0 Å². The van der Waals surface area contributed by atoms with Crippen molar-refractivity contribution in [2.45, 2.75) is 44.8 Å². The zero-order chi connectivity index (χ0) is 12.4. The lowest BCUT2D eigenvalue weighted by molar-refractivity contribution is 0.0105. The summed E-state index contributed by atoms with van der Waals surface area (Å²) >= 11 is 0. The van der Waals surface area contributed by atoms with Gasteiger partial charge in [-0.3, -0.25) is 9.80 Å². The molecule has 3 rings (SSSR count). The quantitative estimate of drug-likeness (QED) is 0.792. The Bertz CT molecular complexity index is 381. The number of rotatable bonds is 2. The molecule has 18 heavy (non-hydrogen) atoms. The van der Waals surface area contributed by atoms with Crippen LogP contribution in [0.2, 0.25) is 0 Å². The Labute approximate surface area is 109 Å². The van der Waals surface area contributed by atoms with Crippen LogP contribution in [-0.4, -0.2) is 51.5 Å². The summed E-state index contributed by atoms with van der Waals surface area (Å²) in [4.78, 5) is 13.6. The molecule has 4 nitrogen and oxygen atoms in total. The van der Waals surface area contributed by atoms with E-state index >= 15 is 0 Å². The maximum atomic E-state index is 4.34. The maximum Gasteiger partial charge on any atom is 0.115 e. The lowest BCUT2D eigenvalue weighted by atomic mass is 9.97. The smallest absolute Gasteiger partial charge is 0.115 e. The van der Waals surface area contributed by atoms with Gasteiger partial charge in [-0.25, -0.2) is 9.97 Å². The van der Waals surface area contributed by atoms with Gasteiger partial charge in [0.2, 0.25) is 0 Å². The average Bonchev–Trinajstić information content (AvgIpc) is 2.41. The predicted molar refractivity (Wildman–Crippen MR) is 71.1 cm³/mol. The van der Waals surface area contributed by atoms with Gasteiger partial charge in [-0.05, 0) is 32.4 Å². The fourth-order valence-corrected chi connectivity index (χ4v) is 3.25. The minimum atomic E-state index is 0.634. The van der Waals surface area contributed by atoms with Crippen molar-refractivity contribution in [3.63, 3.8) is 0 Å². The standard InChI is InChI=1S/C14H22N4/c1-12-8-17-7-3-2-4-14(17)10-18(12)9-13-5-6-15-11-16-13/h5-6,11-12,14H,2-4,7-10H2,1H3. The third-order valence-electron chi connectivity index (χ3n) is 4.32. The second-order valence-corrected chi connectivity index (χ2v) is 5.62. The first-order valence-corrected chi connectivity index (χ1v) is 7.06. The lowest BCUT2D eigenvalue weighted by Crippen LogP contribution is -2.58. The normalized spacial score (nSPS) is 30.1. The van der Waals surface area contributed by atoms with Gasteiger partial charge in [0, 0.05) is 37.9 Å². The Morgan fingerprint density at radius 1 is 1.33 bits per heavy atom. The van der Waals surface area contributed by atoms with E-state index in [1.807, 2.05) is 12.3 Å². The van der Waals surface area contributed by atoms with Crippen LogP contribution in [0.4, 0.5) is 0 Å². The highest BCUT2D eigenvalue weighted by Gasteiger charge is 2.32. The van der Waals surface area contributed by atoms with E-state index in [2.05, 4.69) is 26.7 Å². The molecular formula is C14H22N4. The summed E-state index contributed by atoms with van der Waals surface area (Å²) in [7, 11) is 0. The van der Waals surface area contributed by atoms with Crippen LogP contribution in [0.15, 0.2) is 18.6 Å². The summed E-state index contributed by atoms with van der Waals surface area (Å²) in [5.74, 6) is 0. The third-order valence-corrected chi connectivity index (χ3v) is 4.32. The Kier molecular flexibility index (Phi) is 3.57. The highest BCUT2D eigenvalue weighted by molar-refractivity contribution is 5.00. The first-order valence-electron chi connectivity index (χ1n) is 7.06. The molecule has 0 bridgehead atoms. The van der Waals surface area contributed by atoms with Crippen molar-refractivity contribution in [3.8, 4) is 0 Å². The molecule has 2 fully saturated rings. The Balaban J connectivity index is 1.65. The fourth-order valence-electron chi connectivity index (χ4n) is 3.25. The molecule has 1 aromatic heterocycles. The van der Waals surface area contributed by atoms with Gasteiger partial charge in [0.15, 0.2) is 0 Å². The van der Waals surface area contributed by atoms with Crippen molar-refractivity contribution in [2.24, 2.45) is 0 Å². The number of aromatic nitrogens is 2. The van der Waals surface area contributed by atoms with Crippen molar-refractivity contribution >= 4 is 0 Å². The number of piperazine rings is 1. The molecule has 0 amide bonds. The number of hydrogen-bond donors (Lipinski definition) is 0. The largest absolute Gasteiger partial charge is 0.298 e. The van der Waals surface area contributed by atoms with Crippen LogP contribution in [0.1, 0.15) is 31.9 Å². The van der Waals surface area contributed by atoms with Crippen LogP contribution >= 0.6 is 0 Å². The molecule has 0 spiro atoms. The summed E-state index contributed by atoms with van der Waals surface area (Å²) in [5, 5.41) is 0. The van der Waals surface area contributed by atoms with Crippen LogP contribution in [-0.2, 0) is 6.54 Å². The second kappa shape index (κ2) is 5.33.